The summed E-state index contributed by atoms with van der Waals surface area (Å²) in [6, 6.07) is 9.91. The zero-order valence-electron chi connectivity index (χ0n) is 9.92. The average Bonchev–Trinajstić information content (AvgIpc) is 2.79. The Labute approximate surface area is 109 Å². The molecule has 0 spiro atoms. The van der Waals surface area contributed by atoms with Gasteiger partial charge in [-0.05, 0) is 31.2 Å². The minimum Gasteiger partial charge on any atom is -0.332 e. The average molecular weight is 256 g/mol. The summed E-state index contributed by atoms with van der Waals surface area (Å²) in [4.78, 5) is 16.4. The number of H-pyrrole nitrogens is 1. The molecule has 3 aromatic heterocycles. The number of rotatable bonds is 3. The summed E-state index contributed by atoms with van der Waals surface area (Å²) < 4.78 is 0. The SMILES string of the molecule is Cc1ccc2[nH]c(SCc3ccccn3)nc2n1. The first-order chi connectivity index (χ1) is 8.81. The Bertz CT molecular complexity index is 663. The molecule has 0 amide bonds. The molecule has 4 nitrogen and oxygen atoms in total. The molecule has 0 aliphatic rings. The normalized spacial score (nSPS) is 10.9. The maximum Gasteiger partial charge on any atom is 0.178 e. The Morgan fingerprint density at radius 3 is 2.94 bits per heavy atom. The van der Waals surface area contributed by atoms with Gasteiger partial charge >= 0.3 is 0 Å². The number of imidazole rings is 1. The summed E-state index contributed by atoms with van der Waals surface area (Å²) >= 11 is 1.64. The summed E-state index contributed by atoms with van der Waals surface area (Å²) in [5, 5.41) is 0.883. The quantitative estimate of drug-likeness (QED) is 0.732. The van der Waals surface area contributed by atoms with Crippen molar-refractivity contribution < 1.29 is 0 Å². The van der Waals surface area contributed by atoms with E-state index in [1.54, 1.807) is 18.0 Å². The molecule has 1 N–H and O–H groups in total. The van der Waals surface area contributed by atoms with E-state index in [4.69, 9.17) is 0 Å². The topological polar surface area (TPSA) is 54.5 Å². The van der Waals surface area contributed by atoms with Gasteiger partial charge in [-0.2, -0.15) is 0 Å². The molecule has 3 heterocycles. The molecule has 90 valence electrons. The molecule has 0 aromatic carbocycles. The molecule has 0 unspecified atom stereocenters. The third-order valence-electron chi connectivity index (χ3n) is 2.55. The van der Waals surface area contributed by atoms with Gasteiger partial charge in [0.1, 0.15) is 0 Å². The van der Waals surface area contributed by atoms with Crippen molar-refractivity contribution in [1.29, 1.82) is 0 Å². The van der Waals surface area contributed by atoms with Crippen LogP contribution in [0.2, 0.25) is 0 Å². The second kappa shape index (κ2) is 4.78. The standard InChI is InChI=1S/C13H12N4S/c1-9-5-6-11-12(15-9)17-13(16-11)18-8-10-4-2-3-7-14-10/h2-7H,8H2,1H3,(H,15,16,17). The van der Waals surface area contributed by atoms with Crippen LogP contribution in [-0.4, -0.2) is 19.9 Å². The van der Waals surface area contributed by atoms with Crippen molar-refractivity contribution in [1.82, 2.24) is 19.9 Å². The Morgan fingerprint density at radius 2 is 2.11 bits per heavy atom. The highest BCUT2D eigenvalue weighted by molar-refractivity contribution is 7.98. The highest BCUT2D eigenvalue weighted by Gasteiger charge is 2.05. The number of pyridine rings is 2. The molecule has 0 saturated heterocycles. The van der Waals surface area contributed by atoms with Crippen molar-refractivity contribution in [2.24, 2.45) is 0 Å². The van der Waals surface area contributed by atoms with E-state index < -0.39 is 0 Å². The molecular weight excluding hydrogens is 244 g/mol. The van der Waals surface area contributed by atoms with Crippen molar-refractivity contribution in [3.63, 3.8) is 0 Å². The fourth-order valence-electron chi connectivity index (χ4n) is 1.66. The Hall–Kier alpha value is -1.88. The summed E-state index contributed by atoms with van der Waals surface area (Å²) in [5.74, 6) is 0.805. The van der Waals surface area contributed by atoms with Crippen molar-refractivity contribution in [2.75, 3.05) is 0 Å². The van der Waals surface area contributed by atoms with E-state index in [-0.39, 0.29) is 0 Å². The minimum absolute atomic E-state index is 0.776. The number of hydrogen-bond acceptors (Lipinski definition) is 4. The lowest BCUT2D eigenvalue weighted by molar-refractivity contribution is 1.06. The van der Waals surface area contributed by atoms with Crippen LogP contribution >= 0.6 is 11.8 Å². The number of aryl methyl sites for hydroxylation is 1. The highest BCUT2D eigenvalue weighted by atomic mass is 32.2. The van der Waals surface area contributed by atoms with E-state index in [1.807, 2.05) is 37.3 Å². The van der Waals surface area contributed by atoms with Gasteiger partial charge in [-0.25, -0.2) is 9.97 Å². The van der Waals surface area contributed by atoms with Gasteiger partial charge in [-0.3, -0.25) is 4.98 Å². The number of nitrogens with one attached hydrogen (secondary N) is 1. The van der Waals surface area contributed by atoms with Gasteiger partial charge in [0.05, 0.1) is 11.2 Å². The van der Waals surface area contributed by atoms with E-state index >= 15 is 0 Å². The fourth-order valence-corrected chi connectivity index (χ4v) is 2.45. The van der Waals surface area contributed by atoms with E-state index in [0.29, 0.717) is 0 Å². The second-order valence-corrected chi connectivity index (χ2v) is 4.94. The van der Waals surface area contributed by atoms with Crippen molar-refractivity contribution in [3.05, 3.63) is 47.9 Å². The summed E-state index contributed by atoms with van der Waals surface area (Å²) in [7, 11) is 0. The third kappa shape index (κ3) is 2.36. The van der Waals surface area contributed by atoms with Crippen LogP contribution in [0.15, 0.2) is 41.7 Å². The van der Waals surface area contributed by atoms with Crippen LogP contribution in [0.5, 0.6) is 0 Å². The molecule has 3 rings (SSSR count). The van der Waals surface area contributed by atoms with E-state index in [0.717, 1.165) is 33.5 Å². The number of aromatic nitrogens is 4. The monoisotopic (exact) mass is 256 g/mol. The summed E-state index contributed by atoms with van der Waals surface area (Å²) in [6.45, 7) is 1.97. The molecule has 0 aliphatic heterocycles. The first-order valence-corrected chi connectivity index (χ1v) is 6.66. The minimum atomic E-state index is 0.776. The molecule has 0 bridgehead atoms. The summed E-state index contributed by atoms with van der Waals surface area (Å²) in [5.41, 5.74) is 3.78. The lowest BCUT2D eigenvalue weighted by Gasteiger charge is -1.96. The van der Waals surface area contributed by atoms with Gasteiger partial charge in [0, 0.05) is 17.6 Å². The maximum absolute atomic E-state index is 4.46. The predicted octanol–water partition coefficient (Wildman–Crippen LogP) is 2.95. The molecule has 0 atom stereocenters. The molecule has 0 fully saturated rings. The molecule has 0 radical (unpaired) electrons. The van der Waals surface area contributed by atoms with Crippen LogP contribution in [0, 0.1) is 6.92 Å². The fraction of sp³-hybridized carbons (Fsp3) is 0.154. The highest BCUT2D eigenvalue weighted by Crippen LogP contribution is 2.21. The van der Waals surface area contributed by atoms with Crippen molar-refractivity contribution in [3.8, 4) is 0 Å². The van der Waals surface area contributed by atoms with Gasteiger partial charge in [-0.15, -0.1) is 0 Å². The van der Waals surface area contributed by atoms with Crippen LogP contribution in [0.25, 0.3) is 11.2 Å². The number of nitrogens with zero attached hydrogens (tertiary/aromatic N) is 3. The lowest BCUT2D eigenvalue weighted by atomic mass is 10.4. The van der Waals surface area contributed by atoms with E-state index in [9.17, 15) is 0 Å². The molecule has 0 aliphatic carbocycles. The molecule has 0 saturated carbocycles. The van der Waals surface area contributed by atoms with E-state index in [1.165, 1.54) is 0 Å². The Morgan fingerprint density at radius 1 is 1.17 bits per heavy atom. The van der Waals surface area contributed by atoms with Crippen LogP contribution in [-0.2, 0) is 5.75 Å². The van der Waals surface area contributed by atoms with Crippen LogP contribution < -0.4 is 0 Å². The van der Waals surface area contributed by atoms with Gasteiger partial charge in [-0.1, -0.05) is 17.8 Å². The van der Waals surface area contributed by atoms with Crippen LogP contribution in [0.1, 0.15) is 11.4 Å². The zero-order chi connectivity index (χ0) is 12.4. The van der Waals surface area contributed by atoms with Crippen LogP contribution in [0.3, 0.4) is 0 Å². The predicted molar refractivity (Wildman–Crippen MR) is 72.4 cm³/mol. The first-order valence-electron chi connectivity index (χ1n) is 5.67. The Balaban J connectivity index is 1.79. The third-order valence-corrected chi connectivity index (χ3v) is 3.45. The molecule has 18 heavy (non-hydrogen) atoms. The number of thioether (sulfide) groups is 1. The van der Waals surface area contributed by atoms with E-state index in [2.05, 4.69) is 19.9 Å². The number of aromatic amines is 1. The van der Waals surface area contributed by atoms with Gasteiger partial charge in [0.15, 0.2) is 10.8 Å². The molecule has 3 aromatic rings. The van der Waals surface area contributed by atoms with Crippen molar-refractivity contribution >= 4 is 22.9 Å². The first kappa shape index (κ1) is 11.2. The smallest absolute Gasteiger partial charge is 0.178 e. The summed E-state index contributed by atoms with van der Waals surface area (Å²) in [6.07, 6.45) is 1.81. The maximum atomic E-state index is 4.46. The molecule has 5 heteroatoms. The van der Waals surface area contributed by atoms with Gasteiger partial charge in [0.2, 0.25) is 0 Å². The largest absolute Gasteiger partial charge is 0.332 e. The zero-order valence-corrected chi connectivity index (χ0v) is 10.7. The van der Waals surface area contributed by atoms with Crippen molar-refractivity contribution in [2.45, 2.75) is 17.8 Å². The Kier molecular flexibility index (Phi) is 2.98. The lowest BCUT2D eigenvalue weighted by Crippen LogP contribution is -1.85. The van der Waals surface area contributed by atoms with Crippen LogP contribution in [0.4, 0.5) is 0 Å². The second-order valence-electron chi connectivity index (χ2n) is 3.98. The molecular formula is C13H12N4S. The van der Waals surface area contributed by atoms with Gasteiger partial charge < -0.3 is 4.98 Å². The van der Waals surface area contributed by atoms with Gasteiger partial charge in [0.25, 0.3) is 0 Å². The number of hydrogen-bond donors (Lipinski definition) is 1. The number of fused-ring (bicyclic) bond motifs is 1.